The number of aromatic nitrogens is 4. The van der Waals surface area contributed by atoms with Crippen molar-refractivity contribution in [1.29, 1.82) is 0 Å². The molecular formula is C21H24N6OS. The Balaban J connectivity index is 1.32. The number of hydrogen-bond acceptors (Lipinski definition) is 8. The lowest BCUT2D eigenvalue weighted by molar-refractivity contribution is 0.138. The predicted octanol–water partition coefficient (Wildman–Crippen LogP) is 4.12. The summed E-state index contributed by atoms with van der Waals surface area (Å²) in [7, 11) is 0. The van der Waals surface area contributed by atoms with E-state index in [-0.39, 0.29) is 11.6 Å². The molecule has 0 radical (unpaired) electrons. The summed E-state index contributed by atoms with van der Waals surface area (Å²) in [5, 5.41) is 11.8. The third-order valence-corrected chi connectivity index (χ3v) is 6.07. The second-order valence-corrected chi connectivity index (χ2v) is 9.14. The zero-order valence-corrected chi connectivity index (χ0v) is 17.4. The largest absolute Gasteiger partial charge is 0.487 e. The van der Waals surface area contributed by atoms with Crippen LogP contribution in [0.2, 0.25) is 0 Å². The van der Waals surface area contributed by atoms with E-state index in [0.29, 0.717) is 5.82 Å². The lowest BCUT2D eigenvalue weighted by atomic mass is 10.00. The molecule has 0 spiro atoms. The summed E-state index contributed by atoms with van der Waals surface area (Å²) in [5.74, 6) is 1.74. The second kappa shape index (κ2) is 7.35. The zero-order chi connectivity index (χ0) is 19.8. The highest BCUT2D eigenvalue weighted by Gasteiger charge is 2.31. The highest BCUT2D eigenvalue weighted by Crippen LogP contribution is 2.37. The average molecular weight is 409 g/mol. The fourth-order valence-electron chi connectivity index (χ4n) is 4.29. The molecule has 0 saturated carbocycles. The van der Waals surface area contributed by atoms with E-state index in [4.69, 9.17) is 9.72 Å². The molecule has 2 aromatic heterocycles. The van der Waals surface area contributed by atoms with Crippen molar-refractivity contribution in [2.75, 3.05) is 11.9 Å². The van der Waals surface area contributed by atoms with E-state index < -0.39 is 0 Å². The smallest absolute Gasteiger partial charge is 0.211 e. The summed E-state index contributed by atoms with van der Waals surface area (Å²) in [6, 6.07) is 6.89. The Kier molecular flexibility index (Phi) is 4.67. The number of likely N-dealkylation sites (tertiary alicyclic amines) is 1. The number of ether oxygens (including phenoxy) is 1. The molecule has 29 heavy (non-hydrogen) atoms. The van der Waals surface area contributed by atoms with Gasteiger partial charge in [0.15, 0.2) is 5.82 Å². The minimum absolute atomic E-state index is 0.104. The molecule has 2 aliphatic heterocycles. The van der Waals surface area contributed by atoms with Crippen LogP contribution in [0.15, 0.2) is 36.1 Å². The molecule has 5 rings (SSSR count). The summed E-state index contributed by atoms with van der Waals surface area (Å²) >= 11 is 1.45. The predicted molar refractivity (Wildman–Crippen MR) is 112 cm³/mol. The van der Waals surface area contributed by atoms with Gasteiger partial charge in [0.25, 0.3) is 0 Å². The van der Waals surface area contributed by atoms with Crippen molar-refractivity contribution in [3.05, 3.63) is 52.9 Å². The Morgan fingerprint density at radius 1 is 1.31 bits per heavy atom. The summed E-state index contributed by atoms with van der Waals surface area (Å²) in [6.45, 7) is 6.27. The van der Waals surface area contributed by atoms with Gasteiger partial charge in [-0.15, -0.1) is 10.2 Å². The molecule has 1 atom stereocenters. The lowest BCUT2D eigenvalue weighted by Crippen LogP contribution is -2.24. The van der Waals surface area contributed by atoms with Crippen LogP contribution < -0.4 is 10.1 Å². The number of anilines is 2. The van der Waals surface area contributed by atoms with Gasteiger partial charge in [0.1, 0.15) is 16.9 Å². The van der Waals surface area contributed by atoms with Crippen molar-refractivity contribution in [1.82, 2.24) is 25.1 Å². The van der Waals surface area contributed by atoms with Gasteiger partial charge in [0, 0.05) is 13.0 Å². The molecule has 8 heteroatoms. The van der Waals surface area contributed by atoms with Crippen molar-refractivity contribution in [2.45, 2.75) is 51.3 Å². The molecule has 0 bridgehead atoms. The third-order valence-electron chi connectivity index (χ3n) is 5.47. The van der Waals surface area contributed by atoms with Gasteiger partial charge in [-0.25, -0.2) is 4.98 Å². The van der Waals surface area contributed by atoms with E-state index in [0.717, 1.165) is 42.5 Å². The number of rotatable bonds is 5. The van der Waals surface area contributed by atoms with Crippen LogP contribution in [0.4, 0.5) is 10.9 Å². The molecule has 2 aliphatic rings. The van der Waals surface area contributed by atoms with Crippen molar-refractivity contribution in [3.8, 4) is 5.75 Å². The zero-order valence-electron chi connectivity index (χ0n) is 16.6. The number of nitrogens with one attached hydrogen (secondary N) is 1. The molecule has 150 valence electrons. The highest BCUT2D eigenvalue weighted by molar-refractivity contribution is 7.13. The van der Waals surface area contributed by atoms with E-state index in [2.05, 4.69) is 57.4 Å². The van der Waals surface area contributed by atoms with Gasteiger partial charge in [-0.1, -0.05) is 23.5 Å². The first-order valence-electron chi connectivity index (χ1n) is 9.96. The molecule has 1 N–H and O–H groups in total. The maximum atomic E-state index is 6.02. The summed E-state index contributed by atoms with van der Waals surface area (Å²) in [6.07, 6.45) is 6.84. The first-order chi connectivity index (χ1) is 14.1. The Hall–Kier alpha value is -2.58. The molecule has 4 heterocycles. The van der Waals surface area contributed by atoms with Crippen LogP contribution in [0.1, 0.15) is 49.6 Å². The Bertz CT molecular complexity index is 1010. The van der Waals surface area contributed by atoms with Crippen LogP contribution in [-0.2, 0) is 13.0 Å². The van der Waals surface area contributed by atoms with Crippen LogP contribution in [-0.4, -0.2) is 37.2 Å². The van der Waals surface area contributed by atoms with Crippen molar-refractivity contribution in [2.24, 2.45) is 0 Å². The molecule has 0 amide bonds. The fourth-order valence-corrected chi connectivity index (χ4v) is 4.74. The second-order valence-electron chi connectivity index (χ2n) is 8.31. The van der Waals surface area contributed by atoms with Gasteiger partial charge in [-0.05, 0) is 50.4 Å². The van der Waals surface area contributed by atoms with E-state index in [1.54, 1.807) is 11.7 Å². The van der Waals surface area contributed by atoms with Crippen molar-refractivity contribution >= 4 is 22.3 Å². The Morgan fingerprint density at radius 3 is 3.10 bits per heavy atom. The number of fused-ring (bicyclic) bond motifs is 1. The Morgan fingerprint density at radius 2 is 2.24 bits per heavy atom. The molecule has 3 aromatic rings. The number of hydrogen-bond donors (Lipinski definition) is 1. The van der Waals surface area contributed by atoms with Crippen LogP contribution in [0, 0.1) is 0 Å². The molecule has 0 aliphatic carbocycles. The molecule has 1 aromatic carbocycles. The van der Waals surface area contributed by atoms with Crippen molar-refractivity contribution in [3.63, 3.8) is 0 Å². The maximum absolute atomic E-state index is 6.02. The molecular weight excluding hydrogens is 384 g/mol. The SMILES string of the molecule is CC1(C)Cc2cc(CN3CCC[C@H]3c3cncc(Nc4nncs4)n3)ccc2O1. The van der Waals surface area contributed by atoms with Gasteiger partial charge in [-0.3, -0.25) is 9.88 Å². The van der Waals surface area contributed by atoms with E-state index in [9.17, 15) is 0 Å². The van der Waals surface area contributed by atoms with Crippen LogP contribution in [0.3, 0.4) is 0 Å². The number of nitrogens with zero attached hydrogens (tertiary/aromatic N) is 5. The lowest BCUT2D eigenvalue weighted by Gasteiger charge is -2.24. The minimum atomic E-state index is -0.104. The van der Waals surface area contributed by atoms with Crippen LogP contribution in [0.25, 0.3) is 0 Å². The number of benzene rings is 1. The quantitative estimate of drug-likeness (QED) is 0.680. The molecule has 0 unspecified atom stereocenters. The minimum Gasteiger partial charge on any atom is -0.487 e. The van der Waals surface area contributed by atoms with E-state index >= 15 is 0 Å². The standard InChI is InChI=1S/C21H24N6OS/c1-21(2)9-15-8-14(5-6-18(15)28-21)12-27-7-3-4-17(27)16-10-22-11-19(24-16)25-20-26-23-13-29-20/h5-6,8,10-11,13,17H,3-4,7,9,12H2,1-2H3,(H,24,25,26)/t17-/m0/s1. The third kappa shape index (κ3) is 3.95. The summed E-state index contributed by atoms with van der Waals surface area (Å²) < 4.78 is 6.02. The summed E-state index contributed by atoms with van der Waals surface area (Å²) in [5.41, 5.74) is 5.23. The van der Waals surface area contributed by atoms with Crippen LogP contribution in [0.5, 0.6) is 5.75 Å². The van der Waals surface area contributed by atoms with Gasteiger partial charge in [0.2, 0.25) is 5.13 Å². The maximum Gasteiger partial charge on any atom is 0.211 e. The normalized spacial score (nSPS) is 20.4. The highest BCUT2D eigenvalue weighted by atomic mass is 32.1. The average Bonchev–Trinajstić information content (AvgIpc) is 3.41. The van der Waals surface area contributed by atoms with E-state index in [1.807, 2.05) is 6.20 Å². The monoisotopic (exact) mass is 408 g/mol. The first kappa shape index (κ1) is 18.4. The van der Waals surface area contributed by atoms with Gasteiger partial charge in [0.05, 0.1) is 24.1 Å². The molecule has 1 fully saturated rings. The van der Waals surface area contributed by atoms with Gasteiger partial charge >= 0.3 is 0 Å². The van der Waals surface area contributed by atoms with Gasteiger partial charge < -0.3 is 10.1 Å². The van der Waals surface area contributed by atoms with Crippen molar-refractivity contribution < 1.29 is 4.74 Å². The Labute approximate surface area is 174 Å². The molecule has 1 saturated heterocycles. The topological polar surface area (TPSA) is 76.1 Å². The van der Waals surface area contributed by atoms with E-state index in [1.165, 1.54) is 28.9 Å². The van der Waals surface area contributed by atoms with Crippen LogP contribution >= 0.6 is 11.3 Å². The first-order valence-corrected chi connectivity index (χ1v) is 10.8. The molecule has 7 nitrogen and oxygen atoms in total. The van der Waals surface area contributed by atoms with Gasteiger partial charge in [-0.2, -0.15) is 0 Å². The summed E-state index contributed by atoms with van der Waals surface area (Å²) in [4.78, 5) is 11.7. The fraction of sp³-hybridized carbons (Fsp3) is 0.429.